The second-order valence-corrected chi connectivity index (χ2v) is 7.93. The number of nitrogens with zero attached hydrogens (tertiary/aromatic N) is 4. The van der Waals surface area contributed by atoms with Crippen LogP contribution in [-0.4, -0.2) is 85.0 Å². The van der Waals surface area contributed by atoms with E-state index in [0.29, 0.717) is 6.54 Å². The van der Waals surface area contributed by atoms with Crippen molar-refractivity contribution >= 4 is 35.8 Å². The Morgan fingerprint density at radius 2 is 1.81 bits per heavy atom. The van der Waals surface area contributed by atoms with Crippen molar-refractivity contribution in [1.29, 1.82) is 0 Å². The first kappa shape index (κ1) is 26.6. The number of hydrogen-bond donors (Lipinski definition) is 1. The van der Waals surface area contributed by atoms with E-state index in [2.05, 4.69) is 19.9 Å². The number of alkyl halides is 2. The molecular formula is C22H34F2IN5O2. The molecule has 1 amide bonds. The van der Waals surface area contributed by atoms with E-state index in [1.54, 1.807) is 12.1 Å². The maximum Gasteiger partial charge on any atom is 0.387 e. The van der Waals surface area contributed by atoms with E-state index in [-0.39, 0.29) is 41.7 Å². The Bertz CT molecular complexity index is 754. The lowest BCUT2D eigenvalue weighted by molar-refractivity contribution is -0.135. The summed E-state index contributed by atoms with van der Waals surface area (Å²) in [4.78, 5) is 23.8. The Morgan fingerprint density at radius 3 is 2.44 bits per heavy atom. The van der Waals surface area contributed by atoms with Crippen LogP contribution in [0.15, 0.2) is 29.3 Å². The highest BCUT2D eigenvalue weighted by Crippen LogP contribution is 2.17. The minimum atomic E-state index is -2.84. The highest BCUT2D eigenvalue weighted by atomic mass is 127. The first-order valence-corrected chi connectivity index (χ1v) is 11.1. The summed E-state index contributed by atoms with van der Waals surface area (Å²) in [5.74, 6) is 1.16. The van der Waals surface area contributed by atoms with Gasteiger partial charge in [0.1, 0.15) is 5.75 Å². The summed E-state index contributed by atoms with van der Waals surface area (Å²) in [7, 11) is 0. The zero-order valence-electron chi connectivity index (χ0n) is 18.8. The van der Waals surface area contributed by atoms with Crippen LogP contribution in [0, 0.1) is 0 Å². The van der Waals surface area contributed by atoms with Crippen LogP contribution in [0.3, 0.4) is 0 Å². The van der Waals surface area contributed by atoms with Crippen LogP contribution >= 0.6 is 24.0 Å². The van der Waals surface area contributed by atoms with Gasteiger partial charge in [0.25, 0.3) is 0 Å². The molecule has 0 radical (unpaired) electrons. The average Bonchev–Trinajstić information content (AvgIpc) is 3.30. The summed E-state index contributed by atoms with van der Waals surface area (Å²) < 4.78 is 29.4. The summed E-state index contributed by atoms with van der Waals surface area (Å²) in [5.41, 5.74) is 0.803. The highest BCUT2D eigenvalue weighted by Gasteiger charge is 2.30. The molecule has 0 aliphatic carbocycles. The fraction of sp³-hybridized carbons (Fsp3) is 0.636. The number of aliphatic imine (C=N–C) groups is 1. The molecule has 1 N–H and O–H groups in total. The van der Waals surface area contributed by atoms with E-state index in [4.69, 9.17) is 4.99 Å². The quantitative estimate of drug-likeness (QED) is 0.313. The monoisotopic (exact) mass is 565 g/mol. The molecule has 7 nitrogen and oxygen atoms in total. The third-order valence-electron chi connectivity index (χ3n) is 5.81. The molecule has 0 spiro atoms. The van der Waals surface area contributed by atoms with Crippen LogP contribution in [0.4, 0.5) is 8.78 Å². The molecule has 1 atom stereocenters. The van der Waals surface area contributed by atoms with Gasteiger partial charge in [0, 0.05) is 45.8 Å². The zero-order valence-corrected chi connectivity index (χ0v) is 21.1. The molecule has 3 rings (SSSR count). The zero-order chi connectivity index (χ0) is 22.2. The molecule has 0 aromatic heterocycles. The van der Waals surface area contributed by atoms with Crippen molar-refractivity contribution in [2.75, 3.05) is 45.8 Å². The molecular weight excluding hydrogens is 531 g/mol. The Balaban J connectivity index is 0.00000363. The Kier molecular flexibility index (Phi) is 10.9. The molecule has 2 saturated heterocycles. The molecule has 2 aliphatic heterocycles. The number of carbonyl (C=O) groups excluding carboxylic acids is 1. The van der Waals surface area contributed by atoms with Crippen molar-refractivity contribution in [2.45, 2.75) is 45.9 Å². The highest BCUT2D eigenvalue weighted by molar-refractivity contribution is 14.0. The number of carbonyl (C=O) groups is 1. The minimum absolute atomic E-state index is 0. The molecule has 1 aromatic carbocycles. The maximum atomic E-state index is 12.7. The minimum Gasteiger partial charge on any atom is -0.435 e. The van der Waals surface area contributed by atoms with E-state index < -0.39 is 6.61 Å². The van der Waals surface area contributed by atoms with E-state index in [0.717, 1.165) is 70.2 Å². The third kappa shape index (κ3) is 7.43. The predicted octanol–water partition coefficient (Wildman–Crippen LogP) is 3.00. The molecule has 1 aromatic rings. The van der Waals surface area contributed by atoms with E-state index in [9.17, 15) is 13.6 Å². The Morgan fingerprint density at radius 1 is 1.12 bits per heavy atom. The largest absolute Gasteiger partial charge is 0.435 e. The standard InChI is InChI=1S/C22H33F2N5O2.HI/c1-3-25-22(26-16-18-7-6-8-19(15-18)31-21(23)24)29-13-11-27(12-14-29)17(2)20(30)28-9-4-5-10-28;/h6-8,15,17,21H,3-5,9-14,16H2,1-2H3,(H,25,26);1H. The summed E-state index contributed by atoms with van der Waals surface area (Å²) in [6.45, 7) is 7.18. The third-order valence-corrected chi connectivity index (χ3v) is 5.81. The molecule has 2 heterocycles. The summed E-state index contributed by atoms with van der Waals surface area (Å²) in [6.07, 6.45) is 2.21. The van der Waals surface area contributed by atoms with Crippen LogP contribution in [0.1, 0.15) is 32.3 Å². The van der Waals surface area contributed by atoms with Gasteiger partial charge in [-0.2, -0.15) is 8.78 Å². The number of halogens is 3. The van der Waals surface area contributed by atoms with Crippen molar-refractivity contribution in [1.82, 2.24) is 20.0 Å². The number of nitrogens with one attached hydrogen (secondary N) is 1. The number of rotatable bonds is 7. The molecule has 180 valence electrons. The molecule has 1 unspecified atom stereocenters. The molecule has 2 aliphatic rings. The van der Waals surface area contributed by atoms with Crippen molar-refractivity contribution in [3.8, 4) is 5.75 Å². The van der Waals surface area contributed by atoms with Crippen LogP contribution in [0.2, 0.25) is 0 Å². The molecule has 0 bridgehead atoms. The lowest BCUT2D eigenvalue weighted by Crippen LogP contribution is -2.57. The second kappa shape index (κ2) is 13.1. The normalized spacial score (nSPS) is 18.5. The van der Waals surface area contributed by atoms with E-state index in [1.807, 2.05) is 24.8 Å². The number of hydrogen-bond acceptors (Lipinski definition) is 4. The topological polar surface area (TPSA) is 60.4 Å². The lowest BCUT2D eigenvalue weighted by Gasteiger charge is -2.39. The SMILES string of the molecule is CCNC(=NCc1cccc(OC(F)F)c1)N1CCN(C(C)C(=O)N2CCCC2)CC1.I. The van der Waals surface area contributed by atoms with Crippen LogP contribution in [0.5, 0.6) is 5.75 Å². The van der Waals surface area contributed by atoms with Gasteiger partial charge < -0.3 is 19.9 Å². The summed E-state index contributed by atoms with van der Waals surface area (Å²) in [5, 5.41) is 3.31. The van der Waals surface area contributed by atoms with Gasteiger partial charge in [-0.3, -0.25) is 9.69 Å². The fourth-order valence-corrected chi connectivity index (χ4v) is 4.09. The summed E-state index contributed by atoms with van der Waals surface area (Å²) >= 11 is 0. The lowest BCUT2D eigenvalue weighted by atomic mass is 10.2. The van der Waals surface area contributed by atoms with Gasteiger partial charge in [0.2, 0.25) is 5.91 Å². The van der Waals surface area contributed by atoms with Gasteiger partial charge >= 0.3 is 6.61 Å². The average molecular weight is 565 g/mol. The Labute approximate surface area is 206 Å². The van der Waals surface area contributed by atoms with Gasteiger partial charge in [-0.25, -0.2) is 4.99 Å². The summed E-state index contributed by atoms with van der Waals surface area (Å²) in [6, 6.07) is 6.52. The first-order valence-electron chi connectivity index (χ1n) is 11.1. The number of likely N-dealkylation sites (tertiary alicyclic amines) is 1. The van der Waals surface area contributed by atoms with Gasteiger partial charge in [0.05, 0.1) is 12.6 Å². The van der Waals surface area contributed by atoms with Crippen molar-refractivity contribution in [2.24, 2.45) is 4.99 Å². The van der Waals surface area contributed by atoms with Gasteiger partial charge in [-0.05, 0) is 44.4 Å². The number of piperazine rings is 1. The Hall–Kier alpha value is -1.69. The number of benzene rings is 1. The number of guanidine groups is 1. The van der Waals surface area contributed by atoms with Crippen molar-refractivity contribution in [3.63, 3.8) is 0 Å². The fourth-order valence-electron chi connectivity index (χ4n) is 4.09. The van der Waals surface area contributed by atoms with Crippen molar-refractivity contribution < 1.29 is 18.3 Å². The van der Waals surface area contributed by atoms with Crippen LogP contribution in [0.25, 0.3) is 0 Å². The number of ether oxygens (including phenoxy) is 1. The molecule has 2 fully saturated rings. The molecule has 0 saturated carbocycles. The van der Waals surface area contributed by atoms with E-state index in [1.165, 1.54) is 6.07 Å². The smallest absolute Gasteiger partial charge is 0.387 e. The predicted molar refractivity (Wildman–Crippen MR) is 132 cm³/mol. The van der Waals surface area contributed by atoms with Gasteiger partial charge in [0.15, 0.2) is 5.96 Å². The van der Waals surface area contributed by atoms with Gasteiger partial charge in [-0.1, -0.05) is 12.1 Å². The van der Waals surface area contributed by atoms with E-state index >= 15 is 0 Å². The molecule has 10 heteroatoms. The first-order chi connectivity index (χ1) is 15.0. The van der Waals surface area contributed by atoms with Crippen LogP contribution < -0.4 is 10.1 Å². The van der Waals surface area contributed by atoms with Gasteiger partial charge in [-0.15, -0.1) is 24.0 Å². The number of amides is 1. The van der Waals surface area contributed by atoms with Crippen molar-refractivity contribution in [3.05, 3.63) is 29.8 Å². The maximum absolute atomic E-state index is 12.7. The second-order valence-electron chi connectivity index (χ2n) is 7.93. The van der Waals surface area contributed by atoms with Crippen LogP contribution in [-0.2, 0) is 11.3 Å². The molecule has 32 heavy (non-hydrogen) atoms.